The van der Waals surface area contributed by atoms with Crippen LogP contribution in [0.1, 0.15) is 21.5 Å². The minimum Gasteiger partial charge on any atom is -0.335 e. The molecule has 5 heteroatoms. The van der Waals surface area contributed by atoms with Gasteiger partial charge in [0.05, 0.1) is 0 Å². The lowest BCUT2D eigenvalue weighted by molar-refractivity contribution is -0.127. The van der Waals surface area contributed by atoms with Crippen molar-refractivity contribution in [3.63, 3.8) is 0 Å². The molecule has 2 N–H and O–H groups in total. The number of amides is 2. The van der Waals surface area contributed by atoms with E-state index in [1.165, 1.54) is 0 Å². The molecule has 0 atom stereocenters. The lowest BCUT2D eigenvalue weighted by atomic mass is 9.96. The van der Waals surface area contributed by atoms with Crippen molar-refractivity contribution < 1.29 is 9.59 Å². The van der Waals surface area contributed by atoms with Crippen molar-refractivity contribution in [2.45, 2.75) is 6.92 Å². The topological polar surface area (TPSA) is 61.4 Å². The molecule has 1 heterocycles. The Kier molecular flexibility index (Phi) is 6.11. The fourth-order valence-corrected chi connectivity index (χ4v) is 4.44. The monoisotopic (exact) mass is 449 g/mol. The molecule has 5 rings (SSSR count). The highest BCUT2D eigenvalue weighted by Gasteiger charge is 2.23. The van der Waals surface area contributed by atoms with Gasteiger partial charge in [0.25, 0.3) is 11.8 Å². The van der Waals surface area contributed by atoms with Gasteiger partial charge in [0.2, 0.25) is 0 Å². The summed E-state index contributed by atoms with van der Waals surface area (Å²) in [7, 11) is 0. The maximum atomic E-state index is 13.6. The third-order valence-corrected chi connectivity index (χ3v) is 6.30. The second-order valence-corrected chi connectivity index (χ2v) is 8.65. The number of rotatable bonds is 4. The summed E-state index contributed by atoms with van der Waals surface area (Å²) in [6.45, 7) is 4.66. The van der Waals surface area contributed by atoms with Gasteiger partial charge in [0, 0.05) is 31.7 Å². The van der Waals surface area contributed by atoms with E-state index in [-0.39, 0.29) is 17.5 Å². The van der Waals surface area contributed by atoms with Crippen LogP contribution in [-0.2, 0) is 4.79 Å². The molecule has 34 heavy (non-hydrogen) atoms. The van der Waals surface area contributed by atoms with Crippen molar-refractivity contribution in [2.24, 2.45) is 0 Å². The first-order chi connectivity index (χ1) is 16.6. The Labute approximate surface area is 199 Å². The summed E-state index contributed by atoms with van der Waals surface area (Å²) in [6.07, 6.45) is 1.85. The maximum Gasteiger partial charge on any atom is 0.270 e. The van der Waals surface area contributed by atoms with Crippen LogP contribution in [0.15, 0.2) is 84.6 Å². The summed E-state index contributed by atoms with van der Waals surface area (Å²) in [4.78, 5) is 28.5. The van der Waals surface area contributed by atoms with Crippen LogP contribution in [0.4, 0.5) is 0 Å². The molecule has 1 aliphatic heterocycles. The zero-order chi connectivity index (χ0) is 23.5. The first-order valence-electron chi connectivity index (χ1n) is 11.6. The minimum absolute atomic E-state index is 0.168. The Bertz CT molecular complexity index is 1350. The highest BCUT2D eigenvalue weighted by molar-refractivity contribution is 6.11. The number of aryl methyl sites for hydroxylation is 1. The quantitative estimate of drug-likeness (QED) is 0.356. The highest BCUT2D eigenvalue weighted by atomic mass is 16.2. The van der Waals surface area contributed by atoms with Crippen LogP contribution in [-0.4, -0.2) is 42.9 Å². The van der Waals surface area contributed by atoms with Crippen molar-refractivity contribution in [2.75, 3.05) is 26.2 Å². The molecule has 0 spiro atoms. The number of carbonyl (C=O) groups is 2. The van der Waals surface area contributed by atoms with Gasteiger partial charge in [-0.15, -0.1) is 0 Å². The molecule has 0 radical (unpaired) electrons. The first-order valence-corrected chi connectivity index (χ1v) is 11.6. The van der Waals surface area contributed by atoms with Crippen LogP contribution >= 0.6 is 0 Å². The number of benzene rings is 4. The lowest BCUT2D eigenvalue weighted by Gasteiger charge is -2.28. The number of fused-ring (bicyclic) bond motifs is 2. The number of nitrogens with one attached hydrogen (secondary N) is 2. The average molecular weight is 450 g/mol. The average Bonchev–Trinajstić information content (AvgIpc) is 2.88. The molecule has 1 saturated heterocycles. The van der Waals surface area contributed by atoms with Gasteiger partial charge in [-0.2, -0.15) is 0 Å². The fraction of sp³-hybridized carbons (Fsp3) is 0.172. The summed E-state index contributed by atoms with van der Waals surface area (Å²) in [6, 6.07) is 25.8. The lowest BCUT2D eigenvalue weighted by Crippen LogP contribution is -2.48. The Morgan fingerprint density at radius 1 is 0.853 bits per heavy atom. The SMILES string of the molecule is Cc1ccc(C(=O)N/C(=C/c2c3ccccc3cc3ccccc23)C(=O)N2CCNCC2)cc1. The summed E-state index contributed by atoms with van der Waals surface area (Å²) >= 11 is 0. The molecular formula is C29H27N3O2. The van der Waals surface area contributed by atoms with E-state index < -0.39 is 0 Å². The maximum absolute atomic E-state index is 13.6. The molecule has 170 valence electrons. The number of hydrogen-bond acceptors (Lipinski definition) is 3. The van der Waals surface area contributed by atoms with Gasteiger partial charge < -0.3 is 15.5 Å². The van der Waals surface area contributed by atoms with Crippen molar-refractivity contribution in [1.82, 2.24) is 15.5 Å². The van der Waals surface area contributed by atoms with Gasteiger partial charge in [-0.05, 0) is 58.3 Å². The van der Waals surface area contributed by atoms with E-state index in [0.717, 1.165) is 45.8 Å². The molecule has 1 aliphatic rings. The van der Waals surface area contributed by atoms with Gasteiger partial charge in [-0.25, -0.2) is 0 Å². The predicted molar refractivity (Wildman–Crippen MR) is 138 cm³/mol. The number of hydrogen-bond donors (Lipinski definition) is 2. The van der Waals surface area contributed by atoms with Crippen LogP contribution in [0.3, 0.4) is 0 Å². The van der Waals surface area contributed by atoms with E-state index in [9.17, 15) is 9.59 Å². The Balaban J connectivity index is 1.64. The Morgan fingerprint density at radius 3 is 2.06 bits per heavy atom. The van der Waals surface area contributed by atoms with Crippen LogP contribution < -0.4 is 10.6 Å². The second kappa shape index (κ2) is 9.49. The molecule has 0 saturated carbocycles. The molecule has 2 amide bonds. The van der Waals surface area contributed by atoms with E-state index in [0.29, 0.717) is 18.7 Å². The standard InChI is InChI=1S/C29H27N3O2/c1-20-10-12-21(13-11-20)28(33)31-27(29(34)32-16-14-30-15-17-32)19-26-24-8-4-2-6-22(24)18-23-7-3-5-9-25(23)26/h2-13,18-19,30H,14-17H2,1H3,(H,31,33)/b27-19+. The van der Waals surface area contributed by atoms with Gasteiger partial charge >= 0.3 is 0 Å². The first kappa shape index (κ1) is 21.9. The van der Waals surface area contributed by atoms with E-state index in [1.54, 1.807) is 17.0 Å². The predicted octanol–water partition coefficient (Wildman–Crippen LogP) is 4.50. The summed E-state index contributed by atoms with van der Waals surface area (Å²) in [5.74, 6) is -0.460. The van der Waals surface area contributed by atoms with E-state index in [4.69, 9.17) is 0 Å². The number of piperazine rings is 1. The van der Waals surface area contributed by atoms with Crippen molar-refractivity contribution in [3.8, 4) is 0 Å². The molecule has 1 fully saturated rings. The normalized spacial score (nSPS) is 14.4. The second-order valence-electron chi connectivity index (χ2n) is 8.65. The van der Waals surface area contributed by atoms with Crippen molar-refractivity contribution in [3.05, 3.63) is 101 Å². The Hall–Kier alpha value is -3.96. The largest absolute Gasteiger partial charge is 0.335 e. The van der Waals surface area contributed by atoms with Crippen LogP contribution in [0.2, 0.25) is 0 Å². The third-order valence-electron chi connectivity index (χ3n) is 6.30. The molecule has 0 unspecified atom stereocenters. The molecule has 0 aliphatic carbocycles. The highest BCUT2D eigenvalue weighted by Crippen LogP contribution is 2.30. The van der Waals surface area contributed by atoms with E-state index >= 15 is 0 Å². The van der Waals surface area contributed by atoms with Gasteiger partial charge in [0.1, 0.15) is 5.70 Å². The van der Waals surface area contributed by atoms with Gasteiger partial charge in [-0.3, -0.25) is 9.59 Å². The molecule has 0 aromatic heterocycles. The number of carbonyl (C=O) groups excluding carboxylic acids is 2. The minimum atomic E-state index is -0.292. The van der Waals surface area contributed by atoms with Gasteiger partial charge in [-0.1, -0.05) is 66.2 Å². The zero-order valence-electron chi connectivity index (χ0n) is 19.2. The molecule has 0 bridgehead atoms. The zero-order valence-corrected chi connectivity index (χ0v) is 19.2. The summed E-state index contributed by atoms with van der Waals surface area (Å²) in [5.41, 5.74) is 2.81. The van der Waals surface area contributed by atoms with Gasteiger partial charge in [0.15, 0.2) is 0 Å². The molecule has 4 aromatic rings. The fourth-order valence-electron chi connectivity index (χ4n) is 4.44. The Morgan fingerprint density at radius 2 is 1.44 bits per heavy atom. The number of nitrogens with zero attached hydrogens (tertiary/aromatic N) is 1. The van der Waals surface area contributed by atoms with E-state index in [2.05, 4.69) is 41.0 Å². The molecule has 4 aromatic carbocycles. The van der Waals surface area contributed by atoms with Crippen LogP contribution in [0.5, 0.6) is 0 Å². The molecule has 5 nitrogen and oxygen atoms in total. The van der Waals surface area contributed by atoms with Crippen molar-refractivity contribution >= 4 is 39.4 Å². The van der Waals surface area contributed by atoms with Crippen molar-refractivity contribution in [1.29, 1.82) is 0 Å². The van der Waals surface area contributed by atoms with E-state index in [1.807, 2.05) is 49.4 Å². The van der Waals surface area contributed by atoms with Crippen LogP contribution in [0.25, 0.3) is 27.6 Å². The summed E-state index contributed by atoms with van der Waals surface area (Å²) in [5, 5.41) is 10.5. The smallest absolute Gasteiger partial charge is 0.270 e. The summed E-state index contributed by atoms with van der Waals surface area (Å²) < 4.78 is 0. The van der Waals surface area contributed by atoms with Crippen LogP contribution in [0, 0.1) is 6.92 Å². The third kappa shape index (κ3) is 4.43. The molecular weight excluding hydrogens is 422 g/mol.